The van der Waals surface area contributed by atoms with E-state index in [1.165, 1.54) is 14.2 Å². The molecule has 8 heteroatoms. The Morgan fingerprint density at radius 1 is 0.575 bits per heavy atom. The highest BCUT2D eigenvalue weighted by Crippen LogP contribution is 2.27. The number of rotatable bonds is 11. The minimum Gasteiger partial charge on any atom is -0.423 e. The van der Waals surface area contributed by atoms with E-state index in [1.54, 1.807) is 48.8 Å². The van der Waals surface area contributed by atoms with Crippen LogP contribution in [0.4, 0.5) is 0 Å². The Kier molecular flexibility index (Phi) is 9.30. The van der Waals surface area contributed by atoms with Gasteiger partial charge in [-0.1, -0.05) is 49.6 Å². The van der Waals surface area contributed by atoms with Crippen molar-refractivity contribution in [3.8, 4) is 45.1 Å². The second-order valence-electron chi connectivity index (χ2n) is 8.77. The molecule has 3 aromatic carbocycles. The summed E-state index contributed by atoms with van der Waals surface area (Å²) in [7, 11) is 2.98. The minimum atomic E-state index is -0.538. The summed E-state index contributed by atoms with van der Waals surface area (Å²) in [5.74, 6) is 0.322. The van der Waals surface area contributed by atoms with E-state index in [-0.39, 0.29) is 24.4 Å². The van der Waals surface area contributed by atoms with Gasteiger partial charge in [0.25, 0.3) is 0 Å². The maximum atomic E-state index is 12.0. The van der Waals surface area contributed by atoms with E-state index >= 15 is 0 Å². The number of carbonyl (C=O) groups excluding carboxylic acids is 2. The van der Waals surface area contributed by atoms with E-state index in [0.717, 1.165) is 27.8 Å². The monoisotopic (exact) mass is 536 g/mol. The summed E-state index contributed by atoms with van der Waals surface area (Å²) in [6, 6.07) is 22.2. The van der Waals surface area contributed by atoms with E-state index < -0.39 is 11.9 Å². The molecule has 0 spiro atoms. The maximum absolute atomic E-state index is 12.0. The zero-order chi connectivity index (χ0) is 28.5. The summed E-state index contributed by atoms with van der Waals surface area (Å²) in [5.41, 5.74) is 5.10. The van der Waals surface area contributed by atoms with E-state index in [4.69, 9.17) is 18.9 Å². The van der Waals surface area contributed by atoms with Crippen molar-refractivity contribution < 1.29 is 28.5 Å². The van der Waals surface area contributed by atoms with Crippen molar-refractivity contribution in [2.24, 2.45) is 0 Å². The van der Waals surface area contributed by atoms with Crippen LogP contribution in [0.2, 0.25) is 0 Å². The number of hydrogen-bond acceptors (Lipinski definition) is 8. The molecule has 40 heavy (non-hydrogen) atoms. The van der Waals surface area contributed by atoms with Crippen molar-refractivity contribution in [1.29, 1.82) is 0 Å². The third-order valence-corrected chi connectivity index (χ3v) is 5.81. The smallest absolute Gasteiger partial charge is 0.341 e. The number of hydrogen-bond donors (Lipinski definition) is 0. The van der Waals surface area contributed by atoms with Crippen molar-refractivity contribution in [2.75, 3.05) is 27.4 Å². The van der Waals surface area contributed by atoms with E-state index in [9.17, 15) is 9.59 Å². The predicted octanol–water partition coefficient (Wildman–Crippen LogP) is 5.69. The van der Waals surface area contributed by atoms with Crippen LogP contribution in [0.25, 0.3) is 33.6 Å². The lowest BCUT2D eigenvalue weighted by Crippen LogP contribution is -2.13. The molecule has 202 valence electrons. The van der Waals surface area contributed by atoms with Crippen LogP contribution in [0, 0.1) is 0 Å². The Labute approximate surface area is 232 Å². The number of methoxy groups -OCH3 is 2. The van der Waals surface area contributed by atoms with Gasteiger partial charge in [-0.15, -0.1) is 0 Å². The SMILES string of the molecule is C=C(COC)C(=O)Oc1ccc(-c2ccc(-c3cnc(-c4ccc(OC(=O)C(=C)COC)cc4)nc3)cc2)cc1. The topological polar surface area (TPSA) is 96.8 Å². The summed E-state index contributed by atoms with van der Waals surface area (Å²) in [4.78, 5) is 33.0. The molecule has 0 radical (unpaired) electrons. The van der Waals surface area contributed by atoms with Crippen LogP contribution in [0.5, 0.6) is 11.5 Å². The molecule has 0 N–H and O–H groups in total. The van der Waals surface area contributed by atoms with Crippen LogP contribution in [-0.2, 0) is 19.1 Å². The fourth-order valence-corrected chi connectivity index (χ4v) is 3.69. The lowest BCUT2D eigenvalue weighted by Gasteiger charge is -2.08. The molecular formula is C32H28N2O6. The summed E-state index contributed by atoms with van der Waals surface area (Å²) in [6.45, 7) is 7.52. The molecule has 0 aliphatic heterocycles. The van der Waals surface area contributed by atoms with Gasteiger partial charge in [0.2, 0.25) is 0 Å². The predicted molar refractivity (Wildman–Crippen MR) is 152 cm³/mol. The molecule has 0 aliphatic carbocycles. The third kappa shape index (κ3) is 7.13. The number of esters is 2. The fourth-order valence-electron chi connectivity index (χ4n) is 3.69. The Hall–Kier alpha value is -4.92. The minimum absolute atomic E-state index is 0.110. The van der Waals surface area contributed by atoms with Crippen molar-refractivity contribution >= 4 is 11.9 Å². The molecule has 4 aromatic rings. The van der Waals surface area contributed by atoms with Gasteiger partial charge in [0.15, 0.2) is 5.82 Å². The number of aromatic nitrogens is 2. The van der Waals surface area contributed by atoms with Gasteiger partial charge in [-0.25, -0.2) is 19.6 Å². The number of benzene rings is 3. The summed E-state index contributed by atoms with van der Waals surface area (Å²) in [5, 5.41) is 0. The average molecular weight is 537 g/mol. The Bertz CT molecular complexity index is 1380. The number of nitrogens with zero attached hydrogens (tertiary/aromatic N) is 2. The first kappa shape index (κ1) is 28.1. The molecule has 0 unspecified atom stereocenters. The number of carbonyl (C=O) groups is 2. The maximum Gasteiger partial charge on any atom is 0.341 e. The van der Waals surface area contributed by atoms with Gasteiger partial charge >= 0.3 is 11.9 Å². The second kappa shape index (κ2) is 13.2. The Morgan fingerprint density at radius 3 is 1.32 bits per heavy atom. The summed E-state index contributed by atoms with van der Waals surface area (Å²) >= 11 is 0. The van der Waals surface area contributed by atoms with Gasteiger partial charge in [0.1, 0.15) is 11.5 Å². The van der Waals surface area contributed by atoms with E-state index in [0.29, 0.717) is 17.3 Å². The van der Waals surface area contributed by atoms with Crippen molar-refractivity contribution in [3.05, 3.63) is 109 Å². The molecule has 0 atom stereocenters. The molecule has 0 fully saturated rings. The molecular weight excluding hydrogens is 508 g/mol. The quantitative estimate of drug-likeness (QED) is 0.137. The Morgan fingerprint density at radius 2 is 0.925 bits per heavy atom. The molecule has 1 aromatic heterocycles. The number of ether oxygens (including phenoxy) is 4. The first-order valence-electron chi connectivity index (χ1n) is 12.3. The van der Waals surface area contributed by atoms with Gasteiger partial charge in [-0.3, -0.25) is 0 Å². The molecule has 4 rings (SSSR count). The van der Waals surface area contributed by atoms with Crippen LogP contribution >= 0.6 is 0 Å². The second-order valence-corrected chi connectivity index (χ2v) is 8.77. The van der Waals surface area contributed by atoms with Crippen LogP contribution < -0.4 is 9.47 Å². The van der Waals surface area contributed by atoms with Gasteiger partial charge in [0.05, 0.1) is 24.4 Å². The zero-order valence-corrected chi connectivity index (χ0v) is 22.3. The zero-order valence-electron chi connectivity index (χ0n) is 22.3. The molecule has 0 aliphatic rings. The molecule has 1 heterocycles. The summed E-state index contributed by atoms with van der Waals surface area (Å²) < 4.78 is 20.4. The van der Waals surface area contributed by atoms with Crippen molar-refractivity contribution in [1.82, 2.24) is 9.97 Å². The normalized spacial score (nSPS) is 10.6. The molecule has 0 saturated heterocycles. The lowest BCUT2D eigenvalue weighted by atomic mass is 10.0. The van der Waals surface area contributed by atoms with Crippen LogP contribution in [-0.4, -0.2) is 49.3 Å². The van der Waals surface area contributed by atoms with Gasteiger partial charge in [0, 0.05) is 37.7 Å². The highest BCUT2D eigenvalue weighted by Gasteiger charge is 2.12. The molecule has 0 amide bonds. The standard InChI is InChI=1S/C32H28N2O6/c1-21(19-37-3)31(35)39-28-13-9-24(10-14-28)23-5-7-25(8-6-23)27-17-33-30(34-18-27)26-11-15-29(16-12-26)40-32(36)22(2)20-38-4/h5-18H,1-2,19-20H2,3-4H3. The largest absolute Gasteiger partial charge is 0.423 e. The van der Waals surface area contributed by atoms with Crippen molar-refractivity contribution in [3.63, 3.8) is 0 Å². The van der Waals surface area contributed by atoms with Gasteiger partial charge in [-0.05, 0) is 53.1 Å². The highest BCUT2D eigenvalue weighted by atomic mass is 16.5. The van der Waals surface area contributed by atoms with Crippen LogP contribution in [0.3, 0.4) is 0 Å². The van der Waals surface area contributed by atoms with Crippen molar-refractivity contribution in [2.45, 2.75) is 0 Å². The van der Waals surface area contributed by atoms with Gasteiger partial charge in [-0.2, -0.15) is 0 Å². The third-order valence-electron chi connectivity index (χ3n) is 5.81. The molecule has 0 bridgehead atoms. The molecule has 8 nitrogen and oxygen atoms in total. The molecule has 0 saturated carbocycles. The highest BCUT2D eigenvalue weighted by molar-refractivity contribution is 5.90. The Balaban J connectivity index is 1.38. The lowest BCUT2D eigenvalue weighted by molar-refractivity contribution is -0.131. The van der Waals surface area contributed by atoms with E-state index in [1.807, 2.05) is 36.4 Å². The van der Waals surface area contributed by atoms with Crippen LogP contribution in [0.15, 0.2) is 109 Å². The first-order chi connectivity index (χ1) is 19.4. The fraction of sp³-hybridized carbons (Fsp3) is 0.125. The van der Waals surface area contributed by atoms with Crippen LogP contribution in [0.1, 0.15) is 0 Å². The van der Waals surface area contributed by atoms with Gasteiger partial charge < -0.3 is 18.9 Å². The first-order valence-corrected chi connectivity index (χ1v) is 12.3. The average Bonchev–Trinajstić information content (AvgIpc) is 2.98. The summed E-state index contributed by atoms with van der Waals surface area (Å²) in [6.07, 6.45) is 3.53. The van der Waals surface area contributed by atoms with E-state index in [2.05, 4.69) is 23.1 Å².